The van der Waals surface area contributed by atoms with Crippen molar-refractivity contribution in [3.63, 3.8) is 0 Å². The van der Waals surface area contributed by atoms with Gasteiger partial charge in [0.15, 0.2) is 10.1 Å². The molecule has 4 rings (SSSR count). The summed E-state index contributed by atoms with van der Waals surface area (Å²) in [5, 5.41) is 23.0. The molecule has 0 aliphatic carbocycles. The maximum atomic E-state index is 12.5. The number of anilines is 1. The molecule has 9 heteroatoms. The second-order valence-electron chi connectivity index (χ2n) is 6.83. The molecule has 1 amide bonds. The highest BCUT2D eigenvalue weighted by molar-refractivity contribution is 7.19. The number of azo groups is 1. The van der Waals surface area contributed by atoms with Gasteiger partial charge in [0.2, 0.25) is 0 Å². The zero-order valence-electron chi connectivity index (χ0n) is 16.9. The minimum atomic E-state index is -0.471. The highest BCUT2D eigenvalue weighted by Crippen LogP contribution is 2.39. The zero-order chi connectivity index (χ0) is 22.5. The third-order valence-electron chi connectivity index (χ3n) is 4.51. The van der Waals surface area contributed by atoms with Crippen LogP contribution in [0.5, 0.6) is 0 Å². The van der Waals surface area contributed by atoms with Crippen LogP contribution in [0.25, 0.3) is 11.3 Å². The molecule has 3 aromatic carbocycles. The summed E-state index contributed by atoms with van der Waals surface area (Å²) in [5.74, 6) is -0.270. The predicted molar refractivity (Wildman–Crippen MR) is 124 cm³/mol. The maximum absolute atomic E-state index is 12.5. The molecule has 32 heavy (non-hydrogen) atoms. The number of nitrogens with one attached hydrogen (secondary N) is 1. The fourth-order valence-electron chi connectivity index (χ4n) is 2.84. The molecule has 0 unspecified atom stereocenters. The summed E-state index contributed by atoms with van der Waals surface area (Å²) in [7, 11) is 0. The van der Waals surface area contributed by atoms with Gasteiger partial charge in [-0.15, -0.1) is 10.2 Å². The van der Waals surface area contributed by atoms with E-state index in [0.717, 1.165) is 11.1 Å². The summed E-state index contributed by atoms with van der Waals surface area (Å²) in [6.07, 6.45) is 0. The summed E-state index contributed by atoms with van der Waals surface area (Å²) in [6, 6.07) is 22.4. The van der Waals surface area contributed by atoms with Crippen LogP contribution in [0.3, 0.4) is 0 Å². The molecule has 0 fully saturated rings. The Labute approximate surface area is 187 Å². The lowest BCUT2D eigenvalue weighted by Crippen LogP contribution is -2.11. The number of carbonyl (C=O) groups excluding carboxylic acids is 1. The molecule has 0 radical (unpaired) electrons. The third kappa shape index (κ3) is 4.90. The number of amides is 1. The fraction of sp³-hybridized carbons (Fsp3) is 0.0435. The fourth-order valence-corrected chi connectivity index (χ4v) is 3.64. The average molecular weight is 443 g/mol. The molecule has 0 atom stereocenters. The molecule has 0 spiro atoms. The van der Waals surface area contributed by atoms with E-state index in [1.165, 1.54) is 35.6 Å². The van der Waals surface area contributed by atoms with E-state index in [1.807, 2.05) is 37.3 Å². The Bertz CT molecular complexity index is 1280. The Balaban J connectivity index is 1.65. The van der Waals surface area contributed by atoms with Gasteiger partial charge < -0.3 is 0 Å². The minimum absolute atomic E-state index is 0.0204. The number of rotatable bonds is 6. The van der Waals surface area contributed by atoms with Crippen molar-refractivity contribution < 1.29 is 9.72 Å². The van der Waals surface area contributed by atoms with Crippen molar-refractivity contribution in [3.05, 3.63) is 100 Å². The number of aryl methyl sites for hydroxylation is 1. The largest absolute Gasteiger partial charge is 0.298 e. The molecule has 0 aliphatic heterocycles. The van der Waals surface area contributed by atoms with Gasteiger partial charge in [-0.05, 0) is 31.2 Å². The van der Waals surface area contributed by atoms with Gasteiger partial charge in [-0.25, -0.2) is 4.98 Å². The van der Waals surface area contributed by atoms with Crippen molar-refractivity contribution in [1.82, 2.24) is 4.98 Å². The van der Waals surface area contributed by atoms with Crippen LogP contribution in [0, 0.1) is 17.0 Å². The van der Waals surface area contributed by atoms with Gasteiger partial charge >= 0.3 is 0 Å². The lowest BCUT2D eigenvalue weighted by Gasteiger charge is -2.01. The van der Waals surface area contributed by atoms with Crippen LogP contribution < -0.4 is 5.32 Å². The Morgan fingerprint density at radius 1 is 0.969 bits per heavy atom. The molecule has 0 bridgehead atoms. The Hall–Kier alpha value is -4.24. The Morgan fingerprint density at radius 3 is 2.31 bits per heavy atom. The number of non-ortho nitro benzene ring substituents is 1. The van der Waals surface area contributed by atoms with Crippen molar-refractivity contribution >= 4 is 38.8 Å². The van der Waals surface area contributed by atoms with E-state index in [4.69, 9.17) is 0 Å². The first-order valence-corrected chi connectivity index (χ1v) is 10.4. The lowest BCUT2D eigenvalue weighted by atomic mass is 10.1. The average Bonchev–Trinajstić information content (AvgIpc) is 3.21. The number of aromatic nitrogens is 1. The quantitative estimate of drug-likeness (QED) is 0.203. The molecule has 0 saturated heterocycles. The molecule has 8 nitrogen and oxygen atoms in total. The summed E-state index contributed by atoms with van der Waals surface area (Å²) in [5.41, 5.74) is 3.50. The molecule has 1 aromatic heterocycles. The second kappa shape index (κ2) is 9.27. The van der Waals surface area contributed by atoms with Crippen molar-refractivity contribution in [2.24, 2.45) is 10.2 Å². The summed E-state index contributed by atoms with van der Waals surface area (Å²) in [4.78, 5) is 27.4. The molecular formula is C23H17N5O3S. The van der Waals surface area contributed by atoms with E-state index >= 15 is 0 Å². The highest BCUT2D eigenvalue weighted by Gasteiger charge is 2.16. The zero-order valence-corrected chi connectivity index (χ0v) is 17.7. The van der Waals surface area contributed by atoms with E-state index in [9.17, 15) is 14.9 Å². The molecular weight excluding hydrogens is 426 g/mol. The summed E-state index contributed by atoms with van der Waals surface area (Å²) >= 11 is 1.20. The van der Waals surface area contributed by atoms with Gasteiger partial charge in [0.05, 0.1) is 10.6 Å². The standard InChI is InChI=1S/C23H17N5O3S/c1-15-7-9-16(10-8-15)20-22(27-26-18-11-13-19(14-12-18)28(30)31)32-23(24-20)25-21(29)17-5-3-2-4-6-17/h2-14H,1H3,(H,24,25,29). The molecule has 158 valence electrons. The second-order valence-corrected chi connectivity index (χ2v) is 7.81. The molecule has 0 saturated carbocycles. The van der Waals surface area contributed by atoms with Crippen molar-refractivity contribution in [1.29, 1.82) is 0 Å². The number of nitro groups is 1. The first-order chi connectivity index (χ1) is 15.5. The normalized spacial score (nSPS) is 10.9. The van der Waals surface area contributed by atoms with Crippen LogP contribution in [-0.4, -0.2) is 15.8 Å². The SMILES string of the molecule is Cc1ccc(-c2nc(NC(=O)c3ccccc3)sc2N=Nc2ccc([N+](=O)[O-])cc2)cc1. The van der Waals surface area contributed by atoms with Crippen molar-refractivity contribution in [2.45, 2.75) is 6.92 Å². The van der Waals surface area contributed by atoms with Crippen LogP contribution in [-0.2, 0) is 0 Å². The van der Waals surface area contributed by atoms with E-state index in [-0.39, 0.29) is 11.6 Å². The third-order valence-corrected chi connectivity index (χ3v) is 5.36. The number of carbonyl (C=O) groups is 1. The van der Waals surface area contributed by atoms with Gasteiger partial charge in [-0.2, -0.15) is 0 Å². The van der Waals surface area contributed by atoms with Crippen molar-refractivity contribution in [3.8, 4) is 11.3 Å². The number of nitrogens with zero attached hydrogens (tertiary/aromatic N) is 4. The first-order valence-electron chi connectivity index (χ1n) is 9.60. The van der Waals surface area contributed by atoms with Gasteiger partial charge in [-0.1, -0.05) is 59.4 Å². The lowest BCUT2D eigenvalue weighted by molar-refractivity contribution is -0.384. The van der Waals surface area contributed by atoms with Gasteiger partial charge in [-0.3, -0.25) is 20.2 Å². The Morgan fingerprint density at radius 2 is 1.66 bits per heavy atom. The number of hydrogen-bond acceptors (Lipinski definition) is 7. The van der Waals surface area contributed by atoms with Crippen LogP contribution in [0.15, 0.2) is 89.1 Å². The van der Waals surface area contributed by atoms with E-state index in [1.54, 1.807) is 24.3 Å². The number of hydrogen-bond donors (Lipinski definition) is 1. The van der Waals surface area contributed by atoms with Gasteiger partial charge in [0.25, 0.3) is 11.6 Å². The first kappa shape index (κ1) is 21.0. The summed E-state index contributed by atoms with van der Waals surface area (Å²) < 4.78 is 0. The predicted octanol–water partition coefficient (Wildman–Crippen LogP) is 6.69. The van der Waals surface area contributed by atoms with Crippen LogP contribution in [0.2, 0.25) is 0 Å². The van der Waals surface area contributed by atoms with Gasteiger partial charge in [0, 0.05) is 23.3 Å². The monoisotopic (exact) mass is 443 g/mol. The van der Waals surface area contributed by atoms with E-state index in [2.05, 4.69) is 20.5 Å². The molecule has 1 heterocycles. The topological polar surface area (TPSA) is 110 Å². The smallest absolute Gasteiger partial charge is 0.269 e. The number of benzene rings is 3. The number of thiazole rings is 1. The summed E-state index contributed by atoms with van der Waals surface area (Å²) in [6.45, 7) is 1.99. The van der Waals surface area contributed by atoms with E-state index < -0.39 is 4.92 Å². The van der Waals surface area contributed by atoms with Crippen molar-refractivity contribution in [2.75, 3.05) is 5.32 Å². The maximum Gasteiger partial charge on any atom is 0.269 e. The van der Waals surface area contributed by atoms with Crippen LogP contribution in [0.1, 0.15) is 15.9 Å². The van der Waals surface area contributed by atoms with Gasteiger partial charge in [0.1, 0.15) is 5.69 Å². The molecule has 4 aromatic rings. The number of nitro benzene ring substituents is 1. The van der Waals surface area contributed by atoms with E-state index in [0.29, 0.717) is 27.1 Å². The van der Waals surface area contributed by atoms with Crippen LogP contribution in [0.4, 0.5) is 21.5 Å². The molecule has 1 N–H and O–H groups in total. The highest BCUT2D eigenvalue weighted by atomic mass is 32.1. The van der Waals surface area contributed by atoms with Crippen LogP contribution >= 0.6 is 11.3 Å². The Kier molecular flexibility index (Phi) is 6.09. The minimum Gasteiger partial charge on any atom is -0.298 e. The molecule has 0 aliphatic rings.